The quantitative estimate of drug-likeness (QED) is 0.348. The van der Waals surface area contributed by atoms with E-state index in [0.29, 0.717) is 23.5 Å². The zero-order valence-corrected chi connectivity index (χ0v) is 20.3. The fourth-order valence-corrected chi connectivity index (χ4v) is 4.95. The van der Waals surface area contributed by atoms with Gasteiger partial charge in [-0.15, -0.1) is 0 Å². The van der Waals surface area contributed by atoms with E-state index in [-0.39, 0.29) is 17.7 Å². The average molecular weight is 502 g/mol. The van der Waals surface area contributed by atoms with Gasteiger partial charge in [0.2, 0.25) is 0 Å². The highest BCUT2D eigenvalue weighted by atomic mass is 79.9. The summed E-state index contributed by atoms with van der Waals surface area (Å²) >= 11 is 3.51. The van der Waals surface area contributed by atoms with Gasteiger partial charge in [0.25, 0.3) is 5.91 Å². The maximum atomic E-state index is 13.6. The summed E-state index contributed by atoms with van der Waals surface area (Å²) < 4.78 is 0.973. The molecule has 5 rings (SSSR count). The molecule has 0 saturated heterocycles. The first-order chi connectivity index (χ1) is 15.8. The maximum absolute atomic E-state index is 13.6. The Bertz CT molecular complexity index is 1330. The number of hydrogen-bond donors (Lipinski definition) is 2. The highest BCUT2D eigenvalue weighted by Gasteiger charge is 2.42. The number of aromatic amines is 1. The van der Waals surface area contributed by atoms with Crippen LogP contribution in [0.5, 0.6) is 5.75 Å². The Morgan fingerprint density at radius 2 is 1.70 bits per heavy atom. The van der Waals surface area contributed by atoms with Gasteiger partial charge in [-0.3, -0.25) is 9.89 Å². The van der Waals surface area contributed by atoms with Crippen molar-refractivity contribution < 1.29 is 9.90 Å². The molecule has 2 heterocycles. The van der Waals surface area contributed by atoms with Gasteiger partial charge in [0.15, 0.2) is 0 Å². The molecule has 1 aliphatic rings. The topological polar surface area (TPSA) is 69.2 Å². The van der Waals surface area contributed by atoms with Gasteiger partial charge in [-0.05, 0) is 61.2 Å². The number of amides is 1. The number of rotatable bonds is 4. The Labute approximate surface area is 201 Å². The molecule has 1 aliphatic heterocycles. The number of aromatic hydroxyl groups is 1. The van der Waals surface area contributed by atoms with Crippen LogP contribution in [0.1, 0.15) is 49.9 Å². The lowest BCUT2D eigenvalue weighted by molar-refractivity contribution is 0.0730. The summed E-state index contributed by atoms with van der Waals surface area (Å²) in [5.74, 6) is 0.0716. The molecule has 5 nitrogen and oxygen atoms in total. The molecule has 1 aromatic heterocycles. The van der Waals surface area contributed by atoms with Crippen LogP contribution in [0.4, 0.5) is 0 Å². The summed E-state index contributed by atoms with van der Waals surface area (Å²) in [4.78, 5) is 15.4. The molecule has 1 atom stereocenters. The monoisotopic (exact) mass is 501 g/mol. The molecule has 1 unspecified atom stereocenters. The minimum absolute atomic E-state index is 0.0958. The number of aromatic nitrogens is 2. The summed E-state index contributed by atoms with van der Waals surface area (Å²) in [6.07, 6.45) is 0. The fourth-order valence-electron chi connectivity index (χ4n) is 4.69. The van der Waals surface area contributed by atoms with Gasteiger partial charge in [0.1, 0.15) is 17.1 Å². The summed E-state index contributed by atoms with van der Waals surface area (Å²) in [7, 11) is 0. The second kappa shape index (κ2) is 8.19. The van der Waals surface area contributed by atoms with Crippen LogP contribution in [0, 0.1) is 20.8 Å². The lowest BCUT2D eigenvalue weighted by Gasteiger charge is -2.27. The van der Waals surface area contributed by atoms with E-state index >= 15 is 0 Å². The van der Waals surface area contributed by atoms with Gasteiger partial charge in [-0.1, -0.05) is 64.0 Å². The Morgan fingerprint density at radius 3 is 2.36 bits per heavy atom. The molecule has 166 valence electrons. The standard InChI is InChI=1S/C27H24BrN3O2/c1-15-4-6-18(7-5-15)14-31-26(19-8-10-20(28)11-9-19)23-24(29-30-25(23)27(31)33)22-17(3)12-16(2)13-21(22)32/h4-13,26,32H,14H2,1-3H3,(H,29,30). The molecular weight excluding hydrogens is 478 g/mol. The first kappa shape index (κ1) is 21.5. The lowest BCUT2D eigenvalue weighted by atomic mass is 9.93. The number of H-pyrrole nitrogens is 1. The van der Waals surface area contributed by atoms with E-state index in [2.05, 4.69) is 57.3 Å². The van der Waals surface area contributed by atoms with Crippen molar-refractivity contribution in [1.82, 2.24) is 15.1 Å². The number of phenolic OH excluding ortho intramolecular Hbond substituents is 1. The van der Waals surface area contributed by atoms with Gasteiger partial charge in [0.05, 0.1) is 6.04 Å². The van der Waals surface area contributed by atoms with Crippen molar-refractivity contribution in [3.05, 3.63) is 104 Å². The van der Waals surface area contributed by atoms with E-state index in [4.69, 9.17) is 0 Å². The highest BCUT2D eigenvalue weighted by Crippen LogP contribution is 2.46. The van der Waals surface area contributed by atoms with Crippen molar-refractivity contribution in [2.24, 2.45) is 0 Å². The van der Waals surface area contributed by atoms with Crippen molar-refractivity contribution in [3.63, 3.8) is 0 Å². The van der Waals surface area contributed by atoms with Gasteiger partial charge >= 0.3 is 0 Å². The summed E-state index contributed by atoms with van der Waals surface area (Å²) in [6.45, 7) is 6.43. The van der Waals surface area contributed by atoms with Crippen LogP contribution in [0.2, 0.25) is 0 Å². The molecule has 0 saturated carbocycles. The van der Waals surface area contributed by atoms with E-state index in [1.165, 1.54) is 5.56 Å². The van der Waals surface area contributed by atoms with Crippen LogP contribution in [0.25, 0.3) is 11.3 Å². The average Bonchev–Trinajstić information content (AvgIpc) is 3.29. The zero-order valence-electron chi connectivity index (χ0n) is 18.7. The van der Waals surface area contributed by atoms with Gasteiger partial charge in [0, 0.05) is 22.1 Å². The highest BCUT2D eigenvalue weighted by molar-refractivity contribution is 9.10. The molecule has 0 radical (unpaired) electrons. The predicted molar refractivity (Wildman–Crippen MR) is 132 cm³/mol. The predicted octanol–water partition coefficient (Wildman–Crippen LogP) is 6.22. The van der Waals surface area contributed by atoms with E-state index in [1.807, 2.05) is 49.1 Å². The number of phenols is 1. The number of nitrogens with one attached hydrogen (secondary N) is 1. The third-order valence-corrected chi connectivity index (χ3v) is 6.75. The van der Waals surface area contributed by atoms with E-state index in [9.17, 15) is 9.90 Å². The van der Waals surface area contributed by atoms with Crippen LogP contribution in [-0.4, -0.2) is 26.1 Å². The first-order valence-electron chi connectivity index (χ1n) is 10.8. The number of fused-ring (bicyclic) bond motifs is 1. The van der Waals surface area contributed by atoms with Crippen LogP contribution < -0.4 is 0 Å². The molecule has 6 heteroatoms. The van der Waals surface area contributed by atoms with Crippen molar-refractivity contribution in [2.75, 3.05) is 0 Å². The molecule has 4 aromatic rings. The normalized spacial score (nSPS) is 15.2. The summed E-state index contributed by atoms with van der Waals surface area (Å²) in [6, 6.07) is 19.7. The molecule has 0 spiro atoms. The van der Waals surface area contributed by atoms with Crippen LogP contribution in [0.15, 0.2) is 65.1 Å². The second-order valence-corrected chi connectivity index (χ2v) is 9.63. The van der Waals surface area contributed by atoms with Crippen molar-refractivity contribution >= 4 is 21.8 Å². The SMILES string of the molecule is Cc1ccc(CN2C(=O)c3[nH]nc(-c4c(C)cc(C)cc4O)c3C2c2ccc(Br)cc2)cc1. The Balaban J connectivity index is 1.68. The van der Waals surface area contributed by atoms with Gasteiger partial charge < -0.3 is 10.0 Å². The smallest absolute Gasteiger partial charge is 0.273 e. The van der Waals surface area contributed by atoms with Crippen LogP contribution >= 0.6 is 15.9 Å². The van der Waals surface area contributed by atoms with Crippen molar-refractivity contribution in [3.8, 4) is 17.0 Å². The second-order valence-electron chi connectivity index (χ2n) is 8.71. The Kier molecular flexibility index (Phi) is 5.33. The number of carbonyl (C=O) groups excluding carboxylic acids is 1. The number of carbonyl (C=O) groups is 1. The van der Waals surface area contributed by atoms with Crippen molar-refractivity contribution in [1.29, 1.82) is 0 Å². The molecule has 0 aliphatic carbocycles. The number of benzene rings is 3. The third kappa shape index (κ3) is 3.74. The molecule has 0 fully saturated rings. The Morgan fingerprint density at radius 1 is 1.00 bits per heavy atom. The fraction of sp³-hybridized carbons (Fsp3) is 0.185. The number of nitrogens with zero attached hydrogens (tertiary/aromatic N) is 2. The molecule has 0 bridgehead atoms. The maximum Gasteiger partial charge on any atom is 0.273 e. The molecular formula is C27H24BrN3O2. The molecule has 1 amide bonds. The minimum Gasteiger partial charge on any atom is -0.507 e. The van der Waals surface area contributed by atoms with E-state index in [1.54, 1.807) is 6.07 Å². The number of halogens is 1. The van der Waals surface area contributed by atoms with Gasteiger partial charge in [-0.2, -0.15) is 5.10 Å². The van der Waals surface area contributed by atoms with Crippen LogP contribution in [0.3, 0.4) is 0 Å². The molecule has 3 aromatic carbocycles. The van der Waals surface area contributed by atoms with Gasteiger partial charge in [-0.25, -0.2) is 0 Å². The van der Waals surface area contributed by atoms with E-state index < -0.39 is 0 Å². The van der Waals surface area contributed by atoms with Crippen molar-refractivity contribution in [2.45, 2.75) is 33.4 Å². The Hall–Kier alpha value is -3.38. The lowest BCUT2D eigenvalue weighted by Crippen LogP contribution is -2.29. The molecule has 33 heavy (non-hydrogen) atoms. The molecule has 2 N–H and O–H groups in total. The van der Waals surface area contributed by atoms with E-state index in [0.717, 1.165) is 32.3 Å². The number of hydrogen-bond acceptors (Lipinski definition) is 3. The van der Waals surface area contributed by atoms with Crippen LogP contribution in [-0.2, 0) is 6.54 Å². The largest absolute Gasteiger partial charge is 0.507 e. The first-order valence-corrected chi connectivity index (χ1v) is 11.6. The summed E-state index contributed by atoms with van der Waals surface area (Å²) in [5.41, 5.74) is 7.68. The zero-order chi connectivity index (χ0) is 23.3. The summed E-state index contributed by atoms with van der Waals surface area (Å²) in [5, 5.41) is 18.3. The number of aryl methyl sites for hydroxylation is 3. The minimum atomic E-state index is -0.323. The third-order valence-electron chi connectivity index (χ3n) is 6.22.